The van der Waals surface area contributed by atoms with E-state index in [-0.39, 0.29) is 0 Å². The van der Waals surface area contributed by atoms with Crippen molar-refractivity contribution >= 4 is 17.0 Å². The summed E-state index contributed by atoms with van der Waals surface area (Å²) in [5.41, 5.74) is 1.95. The Balaban J connectivity index is 2.54. The molecule has 0 aliphatic heterocycles. The Kier molecular flexibility index (Phi) is 2.04. The molecule has 1 heterocycles. The van der Waals surface area contributed by atoms with Gasteiger partial charge < -0.3 is 14.6 Å². The second kappa shape index (κ2) is 3.21. The van der Waals surface area contributed by atoms with Gasteiger partial charge in [0.15, 0.2) is 0 Å². The number of H-pyrrole nitrogens is 1. The number of hydrogen-bond acceptors (Lipinski definition) is 3. The van der Waals surface area contributed by atoms with Crippen molar-refractivity contribution in [3.05, 3.63) is 18.2 Å². The number of nitrogens with one attached hydrogen (secondary N) is 1. The van der Waals surface area contributed by atoms with Crippen LogP contribution in [-0.2, 0) is 0 Å². The standard InChI is InChI=1S/C10H13N3O/c1-13(2)10-11-8-5-4-7(14-3)6-9(8)12-10/h4-6H,1-3H3,(H,11,12). The number of aromatic nitrogens is 2. The zero-order valence-electron chi connectivity index (χ0n) is 8.53. The zero-order valence-corrected chi connectivity index (χ0v) is 8.53. The summed E-state index contributed by atoms with van der Waals surface area (Å²) < 4.78 is 5.13. The van der Waals surface area contributed by atoms with Crippen molar-refractivity contribution in [2.45, 2.75) is 0 Å². The van der Waals surface area contributed by atoms with Gasteiger partial charge in [0.2, 0.25) is 5.95 Å². The fourth-order valence-electron chi connectivity index (χ4n) is 1.31. The molecule has 4 heteroatoms. The molecule has 4 nitrogen and oxygen atoms in total. The van der Waals surface area contributed by atoms with E-state index in [9.17, 15) is 0 Å². The Labute approximate surface area is 82.5 Å². The van der Waals surface area contributed by atoms with Gasteiger partial charge in [-0.05, 0) is 12.1 Å². The molecule has 0 bridgehead atoms. The van der Waals surface area contributed by atoms with Gasteiger partial charge in [0, 0.05) is 20.2 Å². The van der Waals surface area contributed by atoms with E-state index < -0.39 is 0 Å². The van der Waals surface area contributed by atoms with Gasteiger partial charge in [0.05, 0.1) is 18.1 Å². The van der Waals surface area contributed by atoms with E-state index in [4.69, 9.17) is 4.74 Å². The fraction of sp³-hybridized carbons (Fsp3) is 0.300. The first-order valence-electron chi connectivity index (χ1n) is 4.42. The molecule has 0 spiro atoms. The highest BCUT2D eigenvalue weighted by Crippen LogP contribution is 2.20. The van der Waals surface area contributed by atoms with Crippen LogP contribution in [0.15, 0.2) is 18.2 Å². The van der Waals surface area contributed by atoms with E-state index in [1.54, 1.807) is 7.11 Å². The molecule has 74 valence electrons. The molecule has 0 atom stereocenters. The van der Waals surface area contributed by atoms with Gasteiger partial charge in [0.1, 0.15) is 5.75 Å². The smallest absolute Gasteiger partial charge is 0.203 e. The summed E-state index contributed by atoms with van der Waals surface area (Å²) >= 11 is 0. The number of benzene rings is 1. The summed E-state index contributed by atoms with van der Waals surface area (Å²) in [4.78, 5) is 9.54. The third kappa shape index (κ3) is 1.39. The lowest BCUT2D eigenvalue weighted by molar-refractivity contribution is 0.415. The van der Waals surface area contributed by atoms with Gasteiger partial charge in [-0.1, -0.05) is 0 Å². The van der Waals surface area contributed by atoms with Gasteiger partial charge in [-0.2, -0.15) is 0 Å². The van der Waals surface area contributed by atoms with E-state index in [0.717, 1.165) is 22.7 Å². The first kappa shape index (κ1) is 8.87. The molecule has 0 amide bonds. The van der Waals surface area contributed by atoms with E-state index >= 15 is 0 Å². The molecule has 0 aliphatic carbocycles. The number of ether oxygens (including phenoxy) is 1. The van der Waals surface area contributed by atoms with Crippen LogP contribution in [-0.4, -0.2) is 31.2 Å². The first-order valence-corrected chi connectivity index (χ1v) is 4.42. The van der Waals surface area contributed by atoms with Crippen LogP contribution < -0.4 is 9.64 Å². The summed E-state index contributed by atoms with van der Waals surface area (Å²) in [6.45, 7) is 0. The van der Waals surface area contributed by atoms with Gasteiger partial charge in [-0.15, -0.1) is 0 Å². The van der Waals surface area contributed by atoms with Crippen LogP contribution in [0.1, 0.15) is 0 Å². The largest absolute Gasteiger partial charge is 0.497 e. The van der Waals surface area contributed by atoms with Crippen LogP contribution in [0.4, 0.5) is 5.95 Å². The molecular weight excluding hydrogens is 178 g/mol. The highest BCUT2D eigenvalue weighted by atomic mass is 16.5. The summed E-state index contributed by atoms with van der Waals surface area (Å²) in [5, 5.41) is 0. The normalized spacial score (nSPS) is 10.5. The van der Waals surface area contributed by atoms with Crippen molar-refractivity contribution in [2.24, 2.45) is 0 Å². The molecule has 0 radical (unpaired) electrons. The van der Waals surface area contributed by atoms with Crippen molar-refractivity contribution in [3.63, 3.8) is 0 Å². The molecule has 1 aromatic heterocycles. The Bertz CT molecular complexity index is 448. The Morgan fingerprint density at radius 1 is 1.36 bits per heavy atom. The minimum Gasteiger partial charge on any atom is -0.497 e. The minimum absolute atomic E-state index is 0.839. The molecule has 1 aromatic carbocycles. The number of imidazole rings is 1. The maximum Gasteiger partial charge on any atom is 0.203 e. The summed E-state index contributed by atoms with van der Waals surface area (Å²) in [5.74, 6) is 1.69. The average molecular weight is 191 g/mol. The maximum absolute atomic E-state index is 5.13. The second-order valence-electron chi connectivity index (χ2n) is 3.34. The Hall–Kier alpha value is -1.71. The fourth-order valence-corrected chi connectivity index (χ4v) is 1.31. The molecular formula is C10H13N3O. The lowest BCUT2D eigenvalue weighted by Gasteiger charge is -2.05. The van der Waals surface area contributed by atoms with E-state index in [1.165, 1.54) is 0 Å². The van der Waals surface area contributed by atoms with Crippen molar-refractivity contribution in [1.29, 1.82) is 0 Å². The van der Waals surface area contributed by atoms with Crippen molar-refractivity contribution < 1.29 is 4.74 Å². The third-order valence-electron chi connectivity index (χ3n) is 2.10. The molecule has 0 saturated carbocycles. The molecule has 0 saturated heterocycles. The highest BCUT2D eigenvalue weighted by molar-refractivity contribution is 5.79. The van der Waals surface area contributed by atoms with Gasteiger partial charge in [-0.3, -0.25) is 0 Å². The lowest BCUT2D eigenvalue weighted by atomic mass is 10.3. The van der Waals surface area contributed by atoms with Crippen molar-refractivity contribution in [2.75, 3.05) is 26.1 Å². The topological polar surface area (TPSA) is 41.1 Å². The lowest BCUT2D eigenvalue weighted by Crippen LogP contribution is -2.09. The van der Waals surface area contributed by atoms with Gasteiger partial charge in [0.25, 0.3) is 0 Å². The SMILES string of the molecule is COc1ccc2nc(N(C)C)[nH]c2c1. The number of aromatic amines is 1. The predicted octanol–water partition coefficient (Wildman–Crippen LogP) is 1.64. The second-order valence-corrected chi connectivity index (χ2v) is 3.34. The van der Waals surface area contributed by atoms with E-state index in [0.29, 0.717) is 0 Å². The number of hydrogen-bond donors (Lipinski definition) is 1. The van der Waals surface area contributed by atoms with Crippen LogP contribution in [0.5, 0.6) is 5.75 Å². The maximum atomic E-state index is 5.13. The number of rotatable bonds is 2. The molecule has 0 fully saturated rings. The van der Waals surface area contributed by atoms with E-state index in [1.807, 2.05) is 37.2 Å². The number of fused-ring (bicyclic) bond motifs is 1. The highest BCUT2D eigenvalue weighted by Gasteiger charge is 2.04. The van der Waals surface area contributed by atoms with Crippen LogP contribution in [0, 0.1) is 0 Å². The van der Waals surface area contributed by atoms with Crippen LogP contribution >= 0.6 is 0 Å². The molecule has 2 rings (SSSR count). The van der Waals surface area contributed by atoms with Gasteiger partial charge in [-0.25, -0.2) is 4.98 Å². The Morgan fingerprint density at radius 2 is 2.14 bits per heavy atom. The molecule has 0 aliphatic rings. The zero-order chi connectivity index (χ0) is 10.1. The summed E-state index contributed by atoms with van der Waals surface area (Å²) in [6.07, 6.45) is 0. The number of nitrogens with zero attached hydrogens (tertiary/aromatic N) is 2. The van der Waals surface area contributed by atoms with Crippen LogP contribution in [0.2, 0.25) is 0 Å². The average Bonchev–Trinajstić information content (AvgIpc) is 2.59. The minimum atomic E-state index is 0.839. The first-order chi connectivity index (χ1) is 6.70. The van der Waals surface area contributed by atoms with Crippen molar-refractivity contribution in [1.82, 2.24) is 9.97 Å². The summed E-state index contributed by atoms with van der Waals surface area (Å²) in [6, 6.07) is 5.79. The number of methoxy groups -OCH3 is 1. The molecule has 2 aromatic rings. The molecule has 0 unspecified atom stereocenters. The van der Waals surface area contributed by atoms with Gasteiger partial charge >= 0.3 is 0 Å². The Morgan fingerprint density at radius 3 is 2.79 bits per heavy atom. The van der Waals surface area contributed by atoms with E-state index in [2.05, 4.69) is 9.97 Å². The summed E-state index contributed by atoms with van der Waals surface area (Å²) in [7, 11) is 5.56. The monoisotopic (exact) mass is 191 g/mol. The van der Waals surface area contributed by atoms with Crippen LogP contribution in [0.25, 0.3) is 11.0 Å². The van der Waals surface area contributed by atoms with Crippen LogP contribution in [0.3, 0.4) is 0 Å². The quantitative estimate of drug-likeness (QED) is 0.784. The predicted molar refractivity (Wildman–Crippen MR) is 57.0 cm³/mol. The molecule has 14 heavy (non-hydrogen) atoms. The third-order valence-corrected chi connectivity index (χ3v) is 2.10. The molecule has 1 N–H and O–H groups in total. The number of anilines is 1. The van der Waals surface area contributed by atoms with Crippen molar-refractivity contribution in [3.8, 4) is 5.75 Å².